The molecule has 1 saturated heterocycles. The van der Waals surface area contributed by atoms with Crippen LogP contribution in [0.5, 0.6) is 0 Å². The number of imide groups is 1. The minimum Gasteiger partial charge on any atom is -0.274 e. The van der Waals surface area contributed by atoms with Gasteiger partial charge in [-0.1, -0.05) is 18.2 Å². The Morgan fingerprint density at radius 2 is 1.72 bits per heavy atom. The first-order valence-electron chi connectivity index (χ1n) is 6.24. The number of allylic oxidation sites excluding steroid dienone is 2. The van der Waals surface area contributed by atoms with Crippen LogP contribution in [0.4, 0.5) is 5.82 Å². The topological polar surface area (TPSA) is 50.3 Å². The molecule has 1 aliphatic heterocycles. The highest BCUT2D eigenvalue weighted by molar-refractivity contribution is 6.22. The summed E-state index contributed by atoms with van der Waals surface area (Å²) < 4.78 is 0. The van der Waals surface area contributed by atoms with Gasteiger partial charge < -0.3 is 0 Å². The van der Waals surface area contributed by atoms with E-state index in [0.717, 1.165) is 6.42 Å². The molecule has 0 spiro atoms. The van der Waals surface area contributed by atoms with Gasteiger partial charge in [0.25, 0.3) is 0 Å². The Bertz CT molecular complexity index is 536. The molecule has 0 aromatic carbocycles. The van der Waals surface area contributed by atoms with Gasteiger partial charge in [-0.3, -0.25) is 9.59 Å². The Morgan fingerprint density at radius 3 is 2.28 bits per heavy atom. The third kappa shape index (κ3) is 1.08. The maximum Gasteiger partial charge on any atom is 0.239 e. The van der Waals surface area contributed by atoms with Crippen molar-refractivity contribution in [1.82, 2.24) is 4.98 Å². The summed E-state index contributed by atoms with van der Waals surface area (Å²) in [5.74, 6) is 0.543. The zero-order valence-corrected chi connectivity index (χ0v) is 9.69. The van der Waals surface area contributed by atoms with Crippen molar-refractivity contribution in [3.05, 3.63) is 36.5 Å². The predicted octanol–water partition coefficient (Wildman–Crippen LogP) is 1.39. The molecule has 90 valence electrons. The summed E-state index contributed by atoms with van der Waals surface area (Å²) in [6, 6.07) is 5.29. The molecule has 4 atom stereocenters. The smallest absolute Gasteiger partial charge is 0.239 e. The SMILES string of the molecule is O=C1[C@@H]2[C@H](C(=O)N1c1ccccn1)[C@H]1C=C[C@H]2C1. The molecule has 2 fully saturated rings. The van der Waals surface area contributed by atoms with E-state index in [1.54, 1.807) is 24.4 Å². The Hall–Kier alpha value is -1.97. The average Bonchev–Trinajstić information content (AvgIpc) is 3.05. The van der Waals surface area contributed by atoms with E-state index in [4.69, 9.17) is 0 Å². The molecule has 1 aromatic rings. The van der Waals surface area contributed by atoms with Crippen LogP contribution in [0.15, 0.2) is 36.5 Å². The van der Waals surface area contributed by atoms with Crippen molar-refractivity contribution < 1.29 is 9.59 Å². The normalized spacial score (nSPS) is 36.6. The highest BCUT2D eigenvalue weighted by atomic mass is 16.2. The van der Waals surface area contributed by atoms with Crippen LogP contribution in [0.1, 0.15) is 6.42 Å². The van der Waals surface area contributed by atoms with Crippen molar-refractivity contribution in [3.63, 3.8) is 0 Å². The van der Waals surface area contributed by atoms with E-state index in [1.165, 1.54) is 4.90 Å². The average molecular weight is 240 g/mol. The van der Waals surface area contributed by atoms with Gasteiger partial charge in [-0.15, -0.1) is 0 Å². The summed E-state index contributed by atoms with van der Waals surface area (Å²) in [6.45, 7) is 0. The van der Waals surface area contributed by atoms with E-state index in [-0.39, 0.29) is 35.5 Å². The van der Waals surface area contributed by atoms with E-state index < -0.39 is 0 Å². The minimum absolute atomic E-state index is 0.0689. The lowest BCUT2D eigenvalue weighted by molar-refractivity contribution is -0.123. The Morgan fingerprint density at radius 1 is 1.06 bits per heavy atom. The molecule has 2 heterocycles. The Labute approximate surface area is 104 Å². The molecule has 1 aromatic heterocycles. The third-order valence-electron chi connectivity index (χ3n) is 4.35. The lowest BCUT2D eigenvalue weighted by atomic mass is 9.85. The number of aromatic nitrogens is 1. The molecule has 1 saturated carbocycles. The molecular weight excluding hydrogens is 228 g/mol. The maximum atomic E-state index is 12.4. The predicted molar refractivity (Wildman–Crippen MR) is 64.4 cm³/mol. The van der Waals surface area contributed by atoms with Gasteiger partial charge in [0.1, 0.15) is 5.82 Å². The summed E-state index contributed by atoms with van der Waals surface area (Å²) in [5.41, 5.74) is 0. The molecule has 2 bridgehead atoms. The van der Waals surface area contributed by atoms with Gasteiger partial charge in [0, 0.05) is 6.20 Å². The van der Waals surface area contributed by atoms with Gasteiger partial charge in [0.2, 0.25) is 11.8 Å². The second-order valence-corrected chi connectivity index (χ2v) is 5.20. The number of hydrogen-bond acceptors (Lipinski definition) is 3. The van der Waals surface area contributed by atoms with Crippen molar-refractivity contribution in [2.24, 2.45) is 23.7 Å². The minimum atomic E-state index is -0.144. The molecule has 4 heteroatoms. The highest BCUT2D eigenvalue weighted by Crippen LogP contribution is 2.52. The number of nitrogens with zero attached hydrogens (tertiary/aromatic N) is 2. The molecule has 0 radical (unpaired) electrons. The van der Waals surface area contributed by atoms with Crippen LogP contribution >= 0.6 is 0 Å². The first-order valence-corrected chi connectivity index (χ1v) is 6.24. The number of amides is 2. The standard InChI is InChI=1S/C14H12N2O2/c17-13-11-8-4-5-9(7-8)12(11)14(18)16(13)10-3-1-2-6-15-10/h1-6,8-9,11-12H,7H2/t8-,9-,11-,12+/m0/s1. The molecule has 3 aliphatic rings. The van der Waals surface area contributed by atoms with Crippen molar-refractivity contribution in [3.8, 4) is 0 Å². The van der Waals surface area contributed by atoms with Crippen LogP contribution in [0.2, 0.25) is 0 Å². The number of carbonyl (C=O) groups is 2. The molecular formula is C14H12N2O2. The number of hydrogen-bond donors (Lipinski definition) is 0. The Kier molecular flexibility index (Phi) is 1.82. The zero-order valence-electron chi connectivity index (χ0n) is 9.69. The molecule has 18 heavy (non-hydrogen) atoms. The number of carbonyl (C=O) groups excluding carboxylic acids is 2. The van der Waals surface area contributed by atoms with Gasteiger partial charge >= 0.3 is 0 Å². The second kappa shape index (κ2) is 3.28. The van der Waals surface area contributed by atoms with Crippen molar-refractivity contribution in [1.29, 1.82) is 0 Å². The molecule has 2 aliphatic carbocycles. The van der Waals surface area contributed by atoms with Crippen LogP contribution in [0.3, 0.4) is 0 Å². The van der Waals surface area contributed by atoms with Crippen molar-refractivity contribution >= 4 is 17.6 Å². The van der Waals surface area contributed by atoms with E-state index in [2.05, 4.69) is 17.1 Å². The quantitative estimate of drug-likeness (QED) is 0.550. The monoisotopic (exact) mass is 240 g/mol. The van der Waals surface area contributed by atoms with Gasteiger partial charge in [-0.25, -0.2) is 9.88 Å². The number of rotatable bonds is 1. The van der Waals surface area contributed by atoms with Crippen molar-refractivity contribution in [2.75, 3.05) is 4.90 Å². The van der Waals surface area contributed by atoms with E-state index in [1.807, 2.05) is 0 Å². The van der Waals surface area contributed by atoms with Crippen LogP contribution < -0.4 is 4.90 Å². The molecule has 0 unspecified atom stereocenters. The largest absolute Gasteiger partial charge is 0.274 e. The maximum absolute atomic E-state index is 12.4. The molecule has 0 N–H and O–H groups in total. The fourth-order valence-electron chi connectivity index (χ4n) is 3.61. The van der Waals surface area contributed by atoms with Crippen LogP contribution in [0, 0.1) is 23.7 Å². The summed E-state index contributed by atoms with van der Waals surface area (Å²) in [6.07, 6.45) is 6.76. The first-order chi connectivity index (χ1) is 8.77. The number of anilines is 1. The van der Waals surface area contributed by atoms with Gasteiger partial charge in [-0.2, -0.15) is 0 Å². The second-order valence-electron chi connectivity index (χ2n) is 5.20. The summed E-state index contributed by atoms with van der Waals surface area (Å²) >= 11 is 0. The van der Waals surface area contributed by atoms with E-state index in [9.17, 15) is 9.59 Å². The summed E-state index contributed by atoms with van der Waals surface area (Å²) in [4.78, 5) is 30.2. The molecule has 4 rings (SSSR count). The third-order valence-corrected chi connectivity index (χ3v) is 4.35. The number of fused-ring (bicyclic) bond motifs is 5. The highest BCUT2D eigenvalue weighted by Gasteiger charge is 2.59. The van der Waals surface area contributed by atoms with Crippen molar-refractivity contribution in [2.45, 2.75) is 6.42 Å². The molecule has 4 nitrogen and oxygen atoms in total. The lowest BCUT2D eigenvalue weighted by Gasteiger charge is -2.15. The molecule has 2 amide bonds. The van der Waals surface area contributed by atoms with E-state index >= 15 is 0 Å². The first kappa shape index (κ1) is 10.00. The van der Waals surface area contributed by atoms with E-state index in [0.29, 0.717) is 5.82 Å². The van der Waals surface area contributed by atoms with Gasteiger partial charge in [0.15, 0.2) is 0 Å². The summed E-state index contributed by atoms with van der Waals surface area (Å²) in [7, 11) is 0. The van der Waals surface area contributed by atoms with Crippen LogP contribution in [-0.4, -0.2) is 16.8 Å². The summed E-state index contributed by atoms with van der Waals surface area (Å²) in [5, 5.41) is 0. The fourth-order valence-corrected chi connectivity index (χ4v) is 3.61. The van der Waals surface area contributed by atoms with Crippen LogP contribution in [-0.2, 0) is 9.59 Å². The number of pyridine rings is 1. The zero-order chi connectivity index (χ0) is 12.3. The Balaban J connectivity index is 1.77. The van der Waals surface area contributed by atoms with Gasteiger partial charge in [-0.05, 0) is 30.4 Å². The fraction of sp³-hybridized carbons (Fsp3) is 0.357. The van der Waals surface area contributed by atoms with Gasteiger partial charge in [0.05, 0.1) is 11.8 Å². The van der Waals surface area contributed by atoms with Crippen LogP contribution in [0.25, 0.3) is 0 Å². The lowest BCUT2D eigenvalue weighted by Crippen LogP contribution is -2.33.